The van der Waals surface area contributed by atoms with E-state index in [9.17, 15) is 0 Å². The van der Waals surface area contributed by atoms with Crippen molar-refractivity contribution in [3.05, 3.63) is 47.0 Å². The van der Waals surface area contributed by atoms with Crippen molar-refractivity contribution in [2.75, 3.05) is 7.11 Å². The first kappa shape index (κ1) is 18.4. The van der Waals surface area contributed by atoms with Crippen LogP contribution in [-0.2, 0) is 18.2 Å². The molecule has 2 unspecified atom stereocenters. The Kier molecular flexibility index (Phi) is 5.21. The molecule has 0 bridgehead atoms. The van der Waals surface area contributed by atoms with E-state index >= 15 is 0 Å². The highest BCUT2D eigenvalue weighted by Gasteiger charge is 2.54. The number of hydrogen-bond acceptors (Lipinski definition) is 3. The maximum atomic E-state index is 6.30. The molecule has 0 radical (unpaired) electrons. The average molecular weight is 362 g/mol. The minimum absolute atomic E-state index is 0.0658. The van der Waals surface area contributed by atoms with Crippen LogP contribution in [-0.4, -0.2) is 27.5 Å². The zero-order valence-corrected chi connectivity index (χ0v) is 16.4. The molecule has 1 saturated carbocycles. The first-order valence-electron chi connectivity index (χ1n) is 9.03. The summed E-state index contributed by atoms with van der Waals surface area (Å²) in [6.07, 6.45) is 7.10. The van der Waals surface area contributed by atoms with E-state index in [1.807, 2.05) is 26.3 Å². The van der Waals surface area contributed by atoms with Crippen LogP contribution in [0.3, 0.4) is 0 Å². The highest BCUT2D eigenvalue weighted by molar-refractivity contribution is 6.30. The summed E-state index contributed by atoms with van der Waals surface area (Å²) in [7, 11) is 3.78. The highest BCUT2D eigenvalue weighted by Crippen LogP contribution is 2.54. The van der Waals surface area contributed by atoms with Gasteiger partial charge >= 0.3 is 0 Å². The van der Waals surface area contributed by atoms with Crippen LogP contribution >= 0.6 is 11.6 Å². The van der Waals surface area contributed by atoms with E-state index in [-0.39, 0.29) is 16.9 Å². The van der Waals surface area contributed by atoms with Gasteiger partial charge < -0.3 is 4.74 Å². The number of rotatable bonds is 5. The lowest BCUT2D eigenvalue weighted by Crippen LogP contribution is -2.54. The predicted molar refractivity (Wildman–Crippen MR) is 101 cm³/mol. The lowest BCUT2D eigenvalue weighted by Gasteiger charge is -2.53. The largest absolute Gasteiger partial charge is 0.377 e. The standard InChI is InChI=1S/C20H28ClN3O/c1-19(2)12-5-6-17(18-22-14-24(3)23-18)20(19,25-4)13-11-15-7-9-16(21)10-8-15/h7-10,14,17H,5-6,11-13H2,1-4H3. The maximum absolute atomic E-state index is 6.30. The molecular formula is C20H28ClN3O. The van der Waals surface area contributed by atoms with Gasteiger partial charge in [0.05, 0.1) is 11.5 Å². The fraction of sp³-hybridized carbons (Fsp3) is 0.600. The Morgan fingerprint density at radius 1 is 1.28 bits per heavy atom. The number of aromatic nitrogens is 3. The van der Waals surface area contributed by atoms with Crippen molar-refractivity contribution < 1.29 is 4.74 Å². The summed E-state index contributed by atoms with van der Waals surface area (Å²) >= 11 is 6.02. The summed E-state index contributed by atoms with van der Waals surface area (Å²) in [6.45, 7) is 4.65. The molecule has 136 valence electrons. The predicted octanol–water partition coefficient (Wildman–Crippen LogP) is 4.78. The number of methoxy groups -OCH3 is 1. The van der Waals surface area contributed by atoms with E-state index in [0.29, 0.717) is 0 Å². The third kappa shape index (κ3) is 3.47. The average Bonchev–Trinajstić information content (AvgIpc) is 3.01. The summed E-state index contributed by atoms with van der Waals surface area (Å²) in [4.78, 5) is 4.57. The summed E-state index contributed by atoms with van der Waals surface area (Å²) in [5.74, 6) is 1.13. The molecule has 2 atom stereocenters. The monoisotopic (exact) mass is 361 g/mol. The SMILES string of the molecule is COC1(CCc2ccc(Cl)cc2)C(c2ncn(C)n2)CCCC1(C)C. The van der Waals surface area contributed by atoms with Gasteiger partial charge in [-0.15, -0.1) is 0 Å². The Morgan fingerprint density at radius 3 is 2.60 bits per heavy atom. The van der Waals surface area contributed by atoms with Crippen LogP contribution in [0.2, 0.25) is 5.02 Å². The highest BCUT2D eigenvalue weighted by atomic mass is 35.5. The van der Waals surface area contributed by atoms with Crippen molar-refractivity contribution in [3.8, 4) is 0 Å². The summed E-state index contributed by atoms with van der Waals surface area (Å²) in [6, 6.07) is 8.13. The van der Waals surface area contributed by atoms with Gasteiger partial charge in [-0.1, -0.05) is 44.0 Å². The molecule has 5 heteroatoms. The molecule has 1 aromatic carbocycles. The van der Waals surface area contributed by atoms with Crippen molar-refractivity contribution in [1.82, 2.24) is 14.8 Å². The Hall–Kier alpha value is -1.39. The van der Waals surface area contributed by atoms with Gasteiger partial charge in [-0.3, -0.25) is 4.68 Å². The quantitative estimate of drug-likeness (QED) is 0.769. The van der Waals surface area contributed by atoms with Gasteiger partial charge in [-0.05, 0) is 48.8 Å². The molecule has 4 nitrogen and oxygen atoms in total. The molecule has 1 aromatic heterocycles. The lowest BCUT2D eigenvalue weighted by atomic mass is 9.58. The van der Waals surface area contributed by atoms with Crippen molar-refractivity contribution in [2.24, 2.45) is 12.5 Å². The molecule has 2 aromatic rings. The summed E-state index contributed by atoms with van der Waals surface area (Å²) in [5.41, 5.74) is 1.08. The smallest absolute Gasteiger partial charge is 0.156 e. The van der Waals surface area contributed by atoms with E-state index in [0.717, 1.165) is 36.5 Å². The van der Waals surface area contributed by atoms with Gasteiger partial charge in [-0.2, -0.15) is 5.10 Å². The van der Waals surface area contributed by atoms with Gasteiger partial charge in [0.1, 0.15) is 6.33 Å². The Labute approximate surface area is 155 Å². The molecule has 1 fully saturated rings. The Balaban J connectivity index is 1.92. The topological polar surface area (TPSA) is 39.9 Å². The fourth-order valence-corrected chi connectivity index (χ4v) is 4.66. The van der Waals surface area contributed by atoms with Crippen LogP contribution in [0.5, 0.6) is 0 Å². The van der Waals surface area contributed by atoms with Crippen molar-refractivity contribution >= 4 is 11.6 Å². The number of ether oxygens (including phenoxy) is 1. The molecule has 1 aliphatic rings. The molecule has 3 rings (SSSR count). The molecule has 0 spiro atoms. The molecule has 0 amide bonds. The van der Waals surface area contributed by atoms with Gasteiger partial charge in [0.15, 0.2) is 5.82 Å². The number of hydrogen-bond donors (Lipinski definition) is 0. The molecule has 0 aliphatic heterocycles. The molecular weight excluding hydrogens is 334 g/mol. The molecule has 0 saturated heterocycles. The molecule has 25 heavy (non-hydrogen) atoms. The zero-order chi connectivity index (χ0) is 18.1. The number of aryl methyl sites for hydroxylation is 2. The van der Waals surface area contributed by atoms with Crippen LogP contribution in [0.15, 0.2) is 30.6 Å². The zero-order valence-electron chi connectivity index (χ0n) is 15.6. The Bertz CT molecular complexity index is 710. The van der Waals surface area contributed by atoms with Crippen molar-refractivity contribution in [2.45, 2.75) is 57.5 Å². The second-order valence-corrected chi connectivity index (χ2v) is 8.26. The van der Waals surface area contributed by atoms with Gasteiger partial charge in [-0.25, -0.2) is 4.98 Å². The van der Waals surface area contributed by atoms with E-state index in [2.05, 4.69) is 36.1 Å². The third-order valence-electron chi connectivity index (χ3n) is 5.99. The summed E-state index contributed by atoms with van der Waals surface area (Å²) in [5, 5.41) is 5.39. The third-order valence-corrected chi connectivity index (χ3v) is 6.25. The number of nitrogens with zero attached hydrogens (tertiary/aromatic N) is 3. The molecule has 1 heterocycles. The second-order valence-electron chi connectivity index (χ2n) is 7.83. The lowest BCUT2D eigenvalue weighted by molar-refractivity contribution is -0.146. The second kappa shape index (κ2) is 7.08. The van der Waals surface area contributed by atoms with Crippen molar-refractivity contribution in [3.63, 3.8) is 0 Å². The normalized spacial score (nSPS) is 25.9. The van der Waals surface area contributed by atoms with E-state index in [1.165, 1.54) is 12.0 Å². The Morgan fingerprint density at radius 2 is 2.00 bits per heavy atom. The first-order valence-corrected chi connectivity index (χ1v) is 9.41. The van der Waals surface area contributed by atoms with Crippen LogP contribution in [0.25, 0.3) is 0 Å². The van der Waals surface area contributed by atoms with Gasteiger partial charge in [0, 0.05) is 19.2 Å². The number of benzene rings is 1. The maximum Gasteiger partial charge on any atom is 0.156 e. The van der Waals surface area contributed by atoms with Crippen LogP contribution in [0, 0.1) is 5.41 Å². The first-order chi connectivity index (χ1) is 11.9. The van der Waals surface area contributed by atoms with Gasteiger partial charge in [0.2, 0.25) is 0 Å². The van der Waals surface area contributed by atoms with E-state index in [4.69, 9.17) is 16.3 Å². The van der Waals surface area contributed by atoms with Crippen LogP contribution in [0.4, 0.5) is 0 Å². The fourth-order valence-electron chi connectivity index (χ4n) is 4.53. The molecule has 0 N–H and O–H groups in total. The molecule has 1 aliphatic carbocycles. The van der Waals surface area contributed by atoms with Crippen LogP contribution in [0.1, 0.15) is 56.8 Å². The van der Waals surface area contributed by atoms with E-state index < -0.39 is 0 Å². The minimum atomic E-state index is -0.272. The van der Waals surface area contributed by atoms with Crippen LogP contribution < -0.4 is 0 Å². The minimum Gasteiger partial charge on any atom is -0.377 e. The summed E-state index contributed by atoms with van der Waals surface area (Å²) < 4.78 is 8.09. The van der Waals surface area contributed by atoms with Gasteiger partial charge in [0.25, 0.3) is 0 Å². The van der Waals surface area contributed by atoms with E-state index in [1.54, 1.807) is 11.0 Å². The van der Waals surface area contributed by atoms with Crippen molar-refractivity contribution in [1.29, 1.82) is 0 Å². The number of halogens is 1.